The number of carboxylic acid groups (broad SMARTS) is 1. The van der Waals surface area contributed by atoms with Crippen LogP contribution in [0.2, 0.25) is 0 Å². The molecule has 1 aromatic heterocycles. The van der Waals surface area contributed by atoms with Gasteiger partial charge in [-0.05, 0) is 52.3 Å². The Kier molecular flexibility index (Phi) is 3.53. The molecule has 0 saturated carbocycles. The van der Waals surface area contributed by atoms with Crippen molar-refractivity contribution in [1.82, 2.24) is 9.97 Å². The highest BCUT2D eigenvalue weighted by molar-refractivity contribution is 9.10. The van der Waals surface area contributed by atoms with E-state index in [1.807, 2.05) is 18.2 Å². The van der Waals surface area contributed by atoms with Crippen LogP contribution in [0.5, 0.6) is 0 Å². The maximum Gasteiger partial charge on any atom is 0.335 e. The van der Waals surface area contributed by atoms with Crippen LogP contribution in [0.4, 0.5) is 11.5 Å². The van der Waals surface area contributed by atoms with Crippen LogP contribution >= 0.6 is 15.9 Å². The molecule has 2 aromatic carbocycles. The lowest BCUT2D eigenvalue weighted by Gasteiger charge is -2.09. The van der Waals surface area contributed by atoms with Crippen molar-refractivity contribution in [3.05, 3.63) is 58.8 Å². The Hall–Kier alpha value is -2.47. The number of para-hydroxylation sites is 1. The molecule has 3 aromatic rings. The molecule has 21 heavy (non-hydrogen) atoms. The third-order valence-electron chi connectivity index (χ3n) is 3.01. The molecule has 1 heterocycles. The Balaban J connectivity index is 1.98. The smallest absolute Gasteiger partial charge is 0.335 e. The molecule has 3 rings (SSSR count). The van der Waals surface area contributed by atoms with E-state index < -0.39 is 5.97 Å². The maximum atomic E-state index is 10.8. The minimum Gasteiger partial charge on any atom is -0.478 e. The number of halogens is 1. The molecule has 0 atom stereocenters. The molecular weight excluding hydrogens is 334 g/mol. The Morgan fingerprint density at radius 3 is 2.57 bits per heavy atom. The van der Waals surface area contributed by atoms with Crippen molar-refractivity contribution < 1.29 is 9.90 Å². The van der Waals surface area contributed by atoms with Gasteiger partial charge in [-0.2, -0.15) is 0 Å². The number of nitrogens with one attached hydrogen (secondary N) is 1. The average Bonchev–Trinajstić information content (AvgIpc) is 2.49. The van der Waals surface area contributed by atoms with Crippen molar-refractivity contribution >= 4 is 44.3 Å². The Bertz CT molecular complexity index is 819. The molecule has 2 N–H and O–H groups in total. The van der Waals surface area contributed by atoms with Gasteiger partial charge in [0.05, 0.1) is 11.1 Å². The molecule has 0 bridgehead atoms. The molecule has 0 saturated heterocycles. The van der Waals surface area contributed by atoms with E-state index in [4.69, 9.17) is 5.11 Å². The number of aromatic carboxylic acids is 1. The minimum atomic E-state index is -0.946. The third-order valence-corrected chi connectivity index (χ3v) is 3.65. The first kappa shape index (κ1) is 13.5. The van der Waals surface area contributed by atoms with Crippen LogP contribution in [-0.2, 0) is 0 Å². The summed E-state index contributed by atoms with van der Waals surface area (Å²) in [6.45, 7) is 0. The number of hydrogen-bond acceptors (Lipinski definition) is 4. The van der Waals surface area contributed by atoms with E-state index in [9.17, 15) is 4.79 Å². The summed E-state index contributed by atoms with van der Waals surface area (Å²) in [7, 11) is 0. The number of rotatable bonds is 3. The summed E-state index contributed by atoms with van der Waals surface area (Å²) >= 11 is 3.46. The van der Waals surface area contributed by atoms with Gasteiger partial charge in [0.1, 0.15) is 12.1 Å². The molecular formula is C15H10BrN3O2. The van der Waals surface area contributed by atoms with Crippen LogP contribution in [0.15, 0.2) is 53.3 Å². The van der Waals surface area contributed by atoms with Gasteiger partial charge in [0.2, 0.25) is 0 Å². The van der Waals surface area contributed by atoms with E-state index in [1.54, 1.807) is 24.3 Å². The van der Waals surface area contributed by atoms with Crippen LogP contribution in [0.3, 0.4) is 0 Å². The SMILES string of the molecule is O=C(O)c1ccc(Nc2ncnc3c(Br)cccc23)cc1. The van der Waals surface area contributed by atoms with Gasteiger partial charge in [-0.1, -0.05) is 6.07 Å². The highest BCUT2D eigenvalue weighted by Crippen LogP contribution is 2.27. The summed E-state index contributed by atoms with van der Waals surface area (Å²) in [5.41, 5.74) is 1.83. The van der Waals surface area contributed by atoms with Gasteiger partial charge in [0.25, 0.3) is 0 Å². The van der Waals surface area contributed by atoms with Crippen molar-refractivity contribution in [2.75, 3.05) is 5.32 Å². The number of aromatic nitrogens is 2. The number of hydrogen-bond donors (Lipinski definition) is 2. The number of benzene rings is 2. The number of anilines is 2. The molecule has 5 nitrogen and oxygen atoms in total. The van der Waals surface area contributed by atoms with Crippen LogP contribution in [0.1, 0.15) is 10.4 Å². The molecule has 0 aliphatic rings. The van der Waals surface area contributed by atoms with E-state index in [2.05, 4.69) is 31.2 Å². The second-order valence-corrected chi connectivity index (χ2v) is 5.22. The van der Waals surface area contributed by atoms with E-state index >= 15 is 0 Å². The lowest BCUT2D eigenvalue weighted by atomic mass is 10.2. The Morgan fingerprint density at radius 2 is 1.86 bits per heavy atom. The lowest BCUT2D eigenvalue weighted by molar-refractivity contribution is 0.0697. The number of nitrogens with zero attached hydrogens (tertiary/aromatic N) is 2. The van der Waals surface area contributed by atoms with Gasteiger partial charge in [-0.15, -0.1) is 0 Å². The zero-order valence-electron chi connectivity index (χ0n) is 10.7. The van der Waals surface area contributed by atoms with Crippen molar-refractivity contribution in [3.63, 3.8) is 0 Å². The van der Waals surface area contributed by atoms with Crippen molar-refractivity contribution in [3.8, 4) is 0 Å². The summed E-state index contributed by atoms with van der Waals surface area (Å²) in [6, 6.07) is 12.3. The van der Waals surface area contributed by atoms with Gasteiger partial charge in [0, 0.05) is 15.5 Å². The summed E-state index contributed by atoms with van der Waals surface area (Å²) < 4.78 is 0.895. The highest BCUT2D eigenvalue weighted by atomic mass is 79.9. The van der Waals surface area contributed by atoms with Crippen molar-refractivity contribution in [2.45, 2.75) is 0 Å². The highest BCUT2D eigenvalue weighted by Gasteiger charge is 2.07. The predicted molar refractivity (Wildman–Crippen MR) is 83.9 cm³/mol. The van der Waals surface area contributed by atoms with Crippen LogP contribution in [0.25, 0.3) is 10.9 Å². The minimum absolute atomic E-state index is 0.246. The summed E-state index contributed by atoms with van der Waals surface area (Å²) in [6.07, 6.45) is 1.49. The fraction of sp³-hybridized carbons (Fsp3) is 0. The van der Waals surface area contributed by atoms with Crippen molar-refractivity contribution in [2.24, 2.45) is 0 Å². The monoisotopic (exact) mass is 343 g/mol. The summed E-state index contributed by atoms with van der Waals surface area (Å²) in [4.78, 5) is 19.3. The van der Waals surface area contributed by atoms with E-state index in [0.29, 0.717) is 5.82 Å². The van der Waals surface area contributed by atoms with E-state index in [0.717, 1.165) is 21.1 Å². The Morgan fingerprint density at radius 1 is 1.10 bits per heavy atom. The van der Waals surface area contributed by atoms with Crippen molar-refractivity contribution in [1.29, 1.82) is 0 Å². The average molecular weight is 344 g/mol. The second-order valence-electron chi connectivity index (χ2n) is 4.37. The normalized spacial score (nSPS) is 10.5. The first-order valence-corrected chi connectivity index (χ1v) is 6.94. The summed E-state index contributed by atoms with van der Waals surface area (Å²) in [5, 5.41) is 12.9. The summed E-state index contributed by atoms with van der Waals surface area (Å²) in [5.74, 6) is -0.276. The lowest BCUT2D eigenvalue weighted by Crippen LogP contribution is -1.98. The van der Waals surface area contributed by atoms with Gasteiger partial charge < -0.3 is 10.4 Å². The molecule has 104 valence electrons. The molecule has 0 aliphatic heterocycles. The van der Waals surface area contributed by atoms with E-state index in [-0.39, 0.29) is 5.56 Å². The predicted octanol–water partition coefficient (Wildman–Crippen LogP) is 3.83. The topological polar surface area (TPSA) is 75.1 Å². The molecule has 6 heteroatoms. The molecule has 0 aliphatic carbocycles. The first-order valence-electron chi connectivity index (χ1n) is 6.15. The maximum absolute atomic E-state index is 10.8. The molecule has 0 radical (unpaired) electrons. The van der Waals surface area contributed by atoms with Crippen LogP contribution in [0, 0.1) is 0 Å². The molecule has 0 unspecified atom stereocenters. The second kappa shape index (κ2) is 5.49. The molecule has 0 amide bonds. The number of fused-ring (bicyclic) bond motifs is 1. The molecule has 0 spiro atoms. The zero-order chi connectivity index (χ0) is 14.8. The van der Waals surface area contributed by atoms with Crippen LogP contribution < -0.4 is 5.32 Å². The standard InChI is InChI=1S/C15H10BrN3O2/c16-12-3-1-2-11-13(12)17-8-18-14(11)19-10-6-4-9(5-7-10)15(20)21/h1-8H,(H,20,21)(H,17,18,19). The number of carboxylic acids is 1. The van der Waals surface area contributed by atoms with Gasteiger partial charge in [0.15, 0.2) is 0 Å². The van der Waals surface area contributed by atoms with Gasteiger partial charge in [-0.3, -0.25) is 0 Å². The first-order chi connectivity index (χ1) is 10.1. The van der Waals surface area contributed by atoms with Gasteiger partial charge in [-0.25, -0.2) is 14.8 Å². The third kappa shape index (κ3) is 2.71. The van der Waals surface area contributed by atoms with E-state index in [1.165, 1.54) is 6.33 Å². The fourth-order valence-electron chi connectivity index (χ4n) is 1.98. The molecule has 0 fully saturated rings. The van der Waals surface area contributed by atoms with Crippen LogP contribution in [-0.4, -0.2) is 21.0 Å². The zero-order valence-corrected chi connectivity index (χ0v) is 12.3. The largest absolute Gasteiger partial charge is 0.478 e. The fourth-order valence-corrected chi connectivity index (χ4v) is 2.45. The van der Waals surface area contributed by atoms with Gasteiger partial charge >= 0.3 is 5.97 Å². The number of carbonyl (C=O) groups is 1. The quantitative estimate of drug-likeness (QED) is 0.755. The Labute approximate surface area is 128 Å².